The number of alkyl carbamates (subject to hydrolysis) is 1. The number of carbonyl (C=O) groups excluding carboxylic acids is 1. The Morgan fingerprint density at radius 3 is 2.87 bits per heavy atom. The Kier molecular flexibility index (Phi) is 5.89. The molecule has 1 aliphatic rings. The quantitative estimate of drug-likeness (QED) is 0.885. The van der Waals surface area contributed by atoms with Gasteiger partial charge in [0.15, 0.2) is 0 Å². The van der Waals surface area contributed by atoms with Gasteiger partial charge in [0, 0.05) is 36.7 Å². The topological polar surface area (TPSA) is 67.6 Å². The summed E-state index contributed by atoms with van der Waals surface area (Å²) in [5.74, 6) is 0. The smallest absolute Gasteiger partial charge is 0.407 e. The molecule has 0 bridgehead atoms. The van der Waals surface area contributed by atoms with E-state index in [-0.39, 0.29) is 18.2 Å². The third-order valence-electron chi connectivity index (χ3n) is 3.84. The summed E-state index contributed by atoms with van der Waals surface area (Å²) < 4.78 is 5.31. The highest BCUT2D eigenvalue weighted by atomic mass is 35.5. The molecule has 2 atom stereocenters. The Labute approximate surface area is 143 Å². The first-order valence-electron chi connectivity index (χ1n) is 7.97. The largest absolute Gasteiger partial charge is 0.444 e. The van der Waals surface area contributed by atoms with Crippen molar-refractivity contribution in [3.05, 3.63) is 34.9 Å². The SMILES string of the molecule is CC(C)(C)OC(=O)NC1CCN(C(CN)c2cccc(Cl)c2)C1. The van der Waals surface area contributed by atoms with Gasteiger partial charge in [-0.2, -0.15) is 0 Å². The molecule has 2 rings (SSSR count). The molecule has 1 amide bonds. The molecular weight excluding hydrogens is 314 g/mol. The van der Waals surface area contributed by atoms with Crippen LogP contribution in [0.25, 0.3) is 0 Å². The number of carbonyl (C=O) groups is 1. The number of nitrogens with one attached hydrogen (secondary N) is 1. The summed E-state index contributed by atoms with van der Waals surface area (Å²) in [7, 11) is 0. The zero-order valence-electron chi connectivity index (χ0n) is 14.0. The van der Waals surface area contributed by atoms with Crippen LogP contribution in [0.15, 0.2) is 24.3 Å². The molecule has 0 spiro atoms. The first kappa shape index (κ1) is 18.0. The van der Waals surface area contributed by atoms with E-state index in [0.29, 0.717) is 11.6 Å². The fourth-order valence-electron chi connectivity index (χ4n) is 2.87. The van der Waals surface area contributed by atoms with Gasteiger partial charge in [-0.25, -0.2) is 4.79 Å². The molecule has 0 saturated carbocycles. The van der Waals surface area contributed by atoms with Crippen molar-refractivity contribution in [1.82, 2.24) is 10.2 Å². The molecule has 1 fully saturated rings. The van der Waals surface area contributed by atoms with Crippen LogP contribution < -0.4 is 11.1 Å². The molecule has 5 nitrogen and oxygen atoms in total. The van der Waals surface area contributed by atoms with Gasteiger partial charge < -0.3 is 15.8 Å². The third-order valence-corrected chi connectivity index (χ3v) is 4.07. The minimum atomic E-state index is -0.483. The Balaban J connectivity index is 1.94. The molecular formula is C17H26ClN3O2. The lowest BCUT2D eigenvalue weighted by Crippen LogP contribution is -2.41. The molecule has 2 unspecified atom stereocenters. The van der Waals surface area contributed by atoms with Gasteiger partial charge in [0.25, 0.3) is 0 Å². The number of likely N-dealkylation sites (tertiary alicyclic amines) is 1. The van der Waals surface area contributed by atoms with Gasteiger partial charge in [-0.15, -0.1) is 0 Å². The molecule has 0 radical (unpaired) electrons. The van der Waals surface area contributed by atoms with Crippen molar-refractivity contribution in [1.29, 1.82) is 0 Å². The summed E-state index contributed by atoms with van der Waals surface area (Å²) in [4.78, 5) is 14.2. The summed E-state index contributed by atoms with van der Waals surface area (Å²) >= 11 is 6.08. The number of halogens is 1. The van der Waals surface area contributed by atoms with Crippen molar-refractivity contribution in [2.75, 3.05) is 19.6 Å². The van der Waals surface area contributed by atoms with Crippen molar-refractivity contribution in [3.63, 3.8) is 0 Å². The summed E-state index contributed by atoms with van der Waals surface area (Å²) in [5.41, 5.74) is 6.59. The van der Waals surface area contributed by atoms with Crippen molar-refractivity contribution in [3.8, 4) is 0 Å². The van der Waals surface area contributed by atoms with Crippen LogP contribution in [0.4, 0.5) is 4.79 Å². The number of amides is 1. The minimum absolute atomic E-state index is 0.0816. The van der Waals surface area contributed by atoms with Gasteiger partial charge in [0.1, 0.15) is 5.60 Å². The predicted molar refractivity (Wildman–Crippen MR) is 92.6 cm³/mol. The number of benzene rings is 1. The number of hydrogen-bond donors (Lipinski definition) is 2. The summed E-state index contributed by atoms with van der Waals surface area (Å²) in [6.45, 7) is 7.73. The third kappa shape index (κ3) is 5.37. The number of ether oxygens (including phenoxy) is 1. The molecule has 1 heterocycles. The maximum atomic E-state index is 11.9. The lowest BCUT2D eigenvalue weighted by molar-refractivity contribution is 0.0504. The molecule has 1 aromatic carbocycles. The molecule has 1 aromatic rings. The van der Waals surface area contributed by atoms with Crippen LogP contribution in [-0.4, -0.2) is 42.3 Å². The van der Waals surface area contributed by atoms with E-state index in [4.69, 9.17) is 22.1 Å². The van der Waals surface area contributed by atoms with E-state index in [0.717, 1.165) is 25.1 Å². The average Bonchev–Trinajstić information content (AvgIpc) is 2.85. The van der Waals surface area contributed by atoms with Crippen molar-refractivity contribution < 1.29 is 9.53 Å². The molecule has 6 heteroatoms. The van der Waals surface area contributed by atoms with E-state index in [1.54, 1.807) is 0 Å². The van der Waals surface area contributed by atoms with E-state index in [1.165, 1.54) is 0 Å². The molecule has 1 saturated heterocycles. The second-order valence-electron chi connectivity index (χ2n) is 6.93. The zero-order valence-corrected chi connectivity index (χ0v) is 14.8. The Bertz CT molecular complexity index is 545. The number of rotatable bonds is 4. The number of nitrogens with zero attached hydrogens (tertiary/aromatic N) is 1. The summed E-state index contributed by atoms with van der Waals surface area (Å²) in [5, 5.41) is 3.65. The summed E-state index contributed by atoms with van der Waals surface area (Å²) in [6, 6.07) is 7.98. The van der Waals surface area contributed by atoms with E-state index < -0.39 is 5.60 Å². The number of nitrogens with two attached hydrogens (primary N) is 1. The fourth-order valence-corrected chi connectivity index (χ4v) is 3.07. The van der Waals surface area contributed by atoms with Gasteiger partial charge in [-0.1, -0.05) is 23.7 Å². The normalized spacial score (nSPS) is 20.3. The summed E-state index contributed by atoms with van der Waals surface area (Å²) in [6.07, 6.45) is 0.521. The number of hydrogen-bond acceptors (Lipinski definition) is 4. The highest BCUT2D eigenvalue weighted by molar-refractivity contribution is 6.30. The van der Waals surface area contributed by atoms with Gasteiger partial charge >= 0.3 is 6.09 Å². The first-order valence-corrected chi connectivity index (χ1v) is 8.35. The lowest BCUT2D eigenvalue weighted by Gasteiger charge is -2.27. The monoisotopic (exact) mass is 339 g/mol. The van der Waals surface area contributed by atoms with Crippen molar-refractivity contribution in [2.45, 2.75) is 44.9 Å². The molecule has 0 aliphatic carbocycles. The van der Waals surface area contributed by atoms with Crippen LogP contribution in [-0.2, 0) is 4.74 Å². The van der Waals surface area contributed by atoms with Crippen LogP contribution in [0, 0.1) is 0 Å². The van der Waals surface area contributed by atoms with Gasteiger partial charge in [-0.3, -0.25) is 4.90 Å². The van der Waals surface area contributed by atoms with Crippen molar-refractivity contribution in [2.24, 2.45) is 5.73 Å². The van der Waals surface area contributed by atoms with Crippen LogP contribution in [0.1, 0.15) is 38.8 Å². The Morgan fingerprint density at radius 1 is 1.52 bits per heavy atom. The van der Waals surface area contributed by atoms with E-state index in [2.05, 4.69) is 10.2 Å². The highest BCUT2D eigenvalue weighted by Crippen LogP contribution is 2.26. The Morgan fingerprint density at radius 2 is 2.26 bits per heavy atom. The predicted octanol–water partition coefficient (Wildman–Crippen LogP) is 2.94. The standard InChI is InChI=1S/C17H26ClN3O2/c1-17(2,3)23-16(22)20-14-7-8-21(11-14)15(10-19)12-5-4-6-13(18)9-12/h4-6,9,14-15H,7-8,10-11,19H2,1-3H3,(H,20,22). The van der Waals surface area contributed by atoms with Gasteiger partial charge in [-0.05, 0) is 44.9 Å². The highest BCUT2D eigenvalue weighted by Gasteiger charge is 2.30. The lowest BCUT2D eigenvalue weighted by atomic mass is 10.1. The molecule has 0 aromatic heterocycles. The Hall–Kier alpha value is -1.30. The average molecular weight is 340 g/mol. The van der Waals surface area contributed by atoms with E-state index in [1.807, 2.05) is 45.0 Å². The van der Waals surface area contributed by atoms with Crippen LogP contribution in [0.3, 0.4) is 0 Å². The van der Waals surface area contributed by atoms with Crippen LogP contribution in [0.5, 0.6) is 0 Å². The molecule has 1 aliphatic heterocycles. The van der Waals surface area contributed by atoms with E-state index >= 15 is 0 Å². The van der Waals surface area contributed by atoms with Gasteiger partial charge in [0.2, 0.25) is 0 Å². The van der Waals surface area contributed by atoms with Crippen LogP contribution >= 0.6 is 11.6 Å². The second kappa shape index (κ2) is 7.51. The molecule has 3 N–H and O–H groups in total. The van der Waals surface area contributed by atoms with Crippen molar-refractivity contribution >= 4 is 17.7 Å². The molecule has 128 valence electrons. The van der Waals surface area contributed by atoms with E-state index in [9.17, 15) is 4.79 Å². The maximum Gasteiger partial charge on any atom is 0.407 e. The first-order chi connectivity index (χ1) is 10.8. The minimum Gasteiger partial charge on any atom is -0.444 e. The van der Waals surface area contributed by atoms with Crippen LogP contribution in [0.2, 0.25) is 5.02 Å². The fraction of sp³-hybridized carbons (Fsp3) is 0.588. The zero-order chi connectivity index (χ0) is 17.0. The maximum absolute atomic E-state index is 11.9. The van der Waals surface area contributed by atoms with Gasteiger partial charge in [0.05, 0.1) is 0 Å². The second-order valence-corrected chi connectivity index (χ2v) is 7.37. The molecule has 23 heavy (non-hydrogen) atoms.